The normalized spacial score (nSPS) is 8.71. The molecule has 0 spiro atoms. The molecular weight excluding hydrogens is 186 g/mol. The van der Waals surface area contributed by atoms with Gasteiger partial charge in [0.1, 0.15) is 11.3 Å². The summed E-state index contributed by atoms with van der Waals surface area (Å²) in [4.78, 5) is 10.3. The minimum Gasteiger partial charge on any atom is -0.507 e. The largest absolute Gasteiger partial charge is 0.507 e. The molecule has 0 aromatic heterocycles. The van der Waals surface area contributed by atoms with E-state index >= 15 is 0 Å². The molecule has 0 atom stereocenters. The van der Waals surface area contributed by atoms with Crippen LogP contribution in [0.5, 0.6) is 5.75 Å². The van der Waals surface area contributed by atoms with Crippen molar-refractivity contribution in [1.29, 1.82) is 0 Å². The third-order valence-electron chi connectivity index (χ3n) is 1.25. The minimum absolute atomic E-state index is 0.140. The molecule has 0 fully saturated rings. The van der Waals surface area contributed by atoms with Gasteiger partial charge in [-0.1, -0.05) is 0 Å². The number of nitrogen functional groups attached to an aromatic ring is 1. The lowest BCUT2D eigenvalue weighted by atomic mass is 10.2. The summed E-state index contributed by atoms with van der Waals surface area (Å²) in [5.41, 5.74) is 5.48. The maximum Gasteiger partial charge on any atom is 0.339 e. The van der Waals surface area contributed by atoms with Crippen molar-refractivity contribution in [3.63, 3.8) is 0 Å². The smallest absolute Gasteiger partial charge is 0.339 e. The Morgan fingerprint density at radius 2 is 2.00 bits per heavy atom. The Labute approximate surface area is 81.4 Å². The molecule has 5 N–H and O–H groups in total. The number of aromatic hydroxyl groups is 1. The number of carboxylic acid groups (broad SMARTS) is 1. The van der Waals surface area contributed by atoms with Crippen molar-refractivity contribution in [3.8, 4) is 5.75 Å². The number of hydrogen-bond donors (Lipinski definition) is 4. The first-order valence-corrected chi connectivity index (χ1v) is 3.95. The summed E-state index contributed by atoms with van der Waals surface area (Å²) in [7, 11) is 0. The number of nitrogens with two attached hydrogens (primary N) is 1. The highest BCUT2D eigenvalue weighted by Crippen LogP contribution is 2.19. The molecule has 0 radical (unpaired) electrons. The Hall–Kier alpha value is -1.75. The van der Waals surface area contributed by atoms with E-state index in [4.69, 9.17) is 21.1 Å². The first-order chi connectivity index (χ1) is 6.52. The highest BCUT2D eigenvalue weighted by atomic mass is 16.4. The Morgan fingerprint density at radius 3 is 2.36 bits per heavy atom. The molecule has 1 aromatic carbocycles. The number of hydrogen-bond acceptors (Lipinski definition) is 4. The van der Waals surface area contributed by atoms with E-state index < -0.39 is 5.97 Å². The van der Waals surface area contributed by atoms with Crippen LogP contribution in [-0.4, -0.2) is 27.9 Å². The van der Waals surface area contributed by atoms with E-state index in [9.17, 15) is 4.79 Å². The summed E-state index contributed by atoms with van der Waals surface area (Å²) < 4.78 is 0. The summed E-state index contributed by atoms with van der Waals surface area (Å²) in [5.74, 6) is -1.47. The molecule has 0 unspecified atom stereocenters. The van der Waals surface area contributed by atoms with Crippen LogP contribution in [0.3, 0.4) is 0 Å². The highest BCUT2D eigenvalue weighted by molar-refractivity contribution is 5.91. The molecule has 5 nitrogen and oxygen atoms in total. The SMILES string of the molecule is CCO.Nc1ccc(C(=O)O)c(O)c1. The summed E-state index contributed by atoms with van der Waals surface area (Å²) in [6.45, 7) is 1.93. The van der Waals surface area contributed by atoms with Crippen molar-refractivity contribution in [3.05, 3.63) is 23.8 Å². The number of aromatic carboxylic acids is 1. The van der Waals surface area contributed by atoms with Crippen LogP contribution in [0.15, 0.2) is 18.2 Å². The quantitative estimate of drug-likeness (QED) is 0.498. The molecule has 0 aliphatic carbocycles. The predicted molar refractivity (Wildman–Crippen MR) is 52.2 cm³/mol. The molecular formula is C9H13NO4. The van der Waals surface area contributed by atoms with Gasteiger partial charge in [0.2, 0.25) is 0 Å². The van der Waals surface area contributed by atoms with Crippen molar-refractivity contribution in [1.82, 2.24) is 0 Å². The topological polar surface area (TPSA) is 104 Å². The highest BCUT2D eigenvalue weighted by Gasteiger charge is 2.07. The Kier molecular flexibility index (Phi) is 5.09. The van der Waals surface area contributed by atoms with Gasteiger partial charge in [0.15, 0.2) is 0 Å². The number of rotatable bonds is 1. The summed E-state index contributed by atoms with van der Waals surface area (Å²) in [5, 5.41) is 25.0. The lowest BCUT2D eigenvalue weighted by Gasteiger charge is -1.98. The van der Waals surface area contributed by atoms with Crippen LogP contribution in [0.4, 0.5) is 5.69 Å². The third-order valence-corrected chi connectivity index (χ3v) is 1.25. The van der Waals surface area contributed by atoms with Gasteiger partial charge in [-0.3, -0.25) is 0 Å². The second-order valence-electron chi connectivity index (χ2n) is 2.40. The first-order valence-electron chi connectivity index (χ1n) is 3.95. The van der Waals surface area contributed by atoms with Crippen molar-refractivity contribution < 1.29 is 20.1 Å². The van der Waals surface area contributed by atoms with E-state index in [1.165, 1.54) is 18.2 Å². The third kappa shape index (κ3) is 3.77. The second-order valence-corrected chi connectivity index (χ2v) is 2.40. The summed E-state index contributed by atoms with van der Waals surface area (Å²) in [6.07, 6.45) is 0. The number of aliphatic hydroxyl groups is 1. The van der Waals surface area contributed by atoms with Crippen LogP contribution < -0.4 is 5.73 Å². The van der Waals surface area contributed by atoms with E-state index in [2.05, 4.69) is 0 Å². The van der Waals surface area contributed by atoms with Crippen molar-refractivity contribution in [2.45, 2.75) is 6.92 Å². The number of benzene rings is 1. The predicted octanol–water partition coefficient (Wildman–Crippen LogP) is 0.671. The molecule has 0 amide bonds. The molecule has 1 rings (SSSR count). The lowest BCUT2D eigenvalue weighted by Crippen LogP contribution is -1.97. The zero-order valence-corrected chi connectivity index (χ0v) is 7.77. The van der Waals surface area contributed by atoms with Gasteiger partial charge in [0.05, 0.1) is 0 Å². The zero-order valence-electron chi connectivity index (χ0n) is 7.77. The molecule has 0 aliphatic rings. The average Bonchev–Trinajstić information content (AvgIpc) is 2.04. The number of aliphatic hydroxyl groups excluding tert-OH is 1. The Balaban J connectivity index is 0.000000500. The van der Waals surface area contributed by atoms with Crippen LogP contribution in [0.1, 0.15) is 17.3 Å². The molecule has 0 saturated carbocycles. The minimum atomic E-state index is -1.16. The maximum absolute atomic E-state index is 10.3. The Bertz CT molecular complexity index is 312. The van der Waals surface area contributed by atoms with Crippen LogP contribution >= 0.6 is 0 Å². The van der Waals surface area contributed by atoms with E-state index in [0.717, 1.165) is 0 Å². The molecule has 1 aromatic rings. The van der Waals surface area contributed by atoms with Crippen LogP contribution in [-0.2, 0) is 0 Å². The lowest BCUT2D eigenvalue weighted by molar-refractivity contribution is 0.0694. The van der Waals surface area contributed by atoms with Gasteiger partial charge in [0.25, 0.3) is 0 Å². The van der Waals surface area contributed by atoms with Crippen LogP contribution in [0.25, 0.3) is 0 Å². The molecule has 14 heavy (non-hydrogen) atoms. The van der Waals surface area contributed by atoms with E-state index in [1.807, 2.05) is 0 Å². The average molecular weight is 199 g/mol. The molecule has 0 heterocycles. The molecule has 0 aliphatic heterocycles. The fourth-order valence-corrected chi connectivity index (χ4v) is 0.730. The van der Waals surface area contributed by atoms with E-state index in [0.29, 0.717) is 5.69 Å². The van der Waals surface area contributed by atoms with Gasteiger partial charge >= 0.3 is 5.97 Å². The van der Waals surface area contributed by atoms with Crippen LogP contribution in [0.2, 0.25) is 0 Å². The number of phenols is 1. The van der Waals surface area contributed by atoms with Crippen molar-refractivity contribution in [2.24, 2.45) is 0 Å². The zero-order chi connectivity index (χ0) is 11.1. The summed E-state index contributed by atoms with van der Waals surface area (Å²) >= 11 is 0. The van der Waals surface area contributed by atoms with Gasteiger partial charge < -0.3 is 21.1 Å². The number of carboxylic acids is 1. The molecule has 78 valence electrons. The summed E-state index contributed by atoms with van der Waals surface area (Å²) in [6, 6.07) is 3.87. The van der Waals surface area contributed by atoms with E-state index in [-0.39, 0.29) is 17.9 Å². The monoisotopic (exact) mass is 199 g/mol. The fourth-order valence-electron chi connectivity index (χ4n) is 0.730. The number of anilines is 1. The van der Waals surface area contributed by atoms with Crippen LogP contribution in [0, 0.1) is 0 Å². The Morgan fingerprint density at radius 1 is 1.50 bits per heavy atom. The first kappa shape index (κ1) is 12.2. The van der Waals surface area contributed by atoms with Crippen molar-refractivity contribution >= 4 is 11.7 Å². The standard InChI is InChI=1S/C7H7NO3.C2H6O/c8-4-1-2-5(7(10)11)6(9)3-4;1-2-3/h1-3,9H,8H2,(H,10,11);3H,2H2,1H3. The molecule has 5 heteroatoms. The van der Waals surface area contributed by atoms with Gasteiger partial charge in [-0.05, 0) is 19.1 Å². The van der Waals surface area contributed by atoms with Gasteiger partial charge in [0, 0.05) is 18.4 Å². The van der Waals surface area contributed by atoms with Crippen molar-refractivity contribution in [2.75, 3.05) is 12.3 Å². The molecule has 0 bridgehead atoms. The van der Waals surface area contributed by atoms with Gasteiger partial charge in [-0.15, -0.1) is 0 Å². The number of carbonyl (C=O) groups is 1. The second kappa shape index (κ2) is 5.82. The molecule has 0 saturated heterocycles. The fraction of sp³-hybridized carbons (Fsp3) is 0.222. The van der Waals surface area contributed by atoms with E-state index in [1.54, 1.807) is 6.92 Å². The van der Waals surface area contributed by atoms with Gasteiger partial charge in [-0.2, -0.15) is 0 Å². The maximum atomic E-state index is 10.3. The van der Waals surface area contributed by atoms with Gasteiger partial charge in [-0.25, -0.2) is 4.79 Å².